The summed E-state index contributed by atoms with van der Waals surface area (Å²) in [4.78, 5) is 4.37. The minimum atomic E-state index is -0.463. The van der Waals surface area contributed by atoms with Crippen molar-refractivity contribution in [2.24, 2.45) is 5.92 Å². The molecule has 1 N–H and O–H groups in total. The van der Waals surface area contributed by atoms with Crippen LogP contribution in [-0.4, -0.2) is 21.4 Å². The van der Waals surface area contributed by atoms with Gasteiger partial charge in [0.05, 0.1) is 12.5 Å². The highest BCUT2D eigenvalue weighted by molar-refractivity contribution is 5.86. The second-order valence-corrected chi connectivity index (χ2v) is 5.59. The van der Waals surface area contributed by atoms with Gasteiger partial charge in [0.2, 0.25) is 11.7 Å². The van der Waals surface area contributed by atoms with Crippen molar-refractivity contribution in [1.82, 2.24) is 10.1 Å². The zero-order chi connectivity index (χ0) is 14.8. The normalized spacial score (nSPS) is 13.0. The maximum atomic E-state index is 9.87. The summed E-state index contributed by atoms with van der Waals surface area (Å²) >= 11 is 0. The van der Waals surface area contributed by atoms with Crippen molar-refractivity contribution < 1.29 is 9.63 Å². The molecule has 21 heavy (non-hydrogen) atoms. The Morgan fingerprint density at radius 3 is 2.62 bits per heavy atom. The summed E-state index contributed by atoms with van der Waals surface area (Å²) < 4.78 is 5.23. The molecular formula is C17H18N2O2. The quantitative estimate of drug-likeness (QED) is 0.796. The fourth-order valence-electron chi connectivity index (χ4n) is 2.20. The van der Waals surface area contributed by atoms with Gasteiger partial charge in [0.15, 0.2) is 0 Å². The predicted octanol–water partition coefficient (Wildman–Crippen LogP) is 3.45. The predicted molar refractivity (Wildman–Crippen MR) is 81.8 cm³/mol. The van der Waals surface area contributed by atoms with Crippen molar-refractivity contribution in [1.29, 1.82) is 0 Å². The third-order valence-corrected chi connectivity index (χ3v) is 3.63. The molecule has 108 valence electrons. The monoisotopic (exact) mass is 282 g/mol. The van der Waals surface area contributed by atoms with Gasteiger partial charge in [-0.05, 0) is 22.8 Å². The summed E-state index contributed by atoms with van der Waals surface area (Å²) in [6.45, 7) is 3.93. The maximum absolute atomic E-state index is 9.87. The van der Waals surface area contributed by atoms with Gasteiger partial charge in [0, 0.05) is 5.56 Å². The Balaban J connectivity index is 1.87. The van der Waals surface area contributed by atoms with Gasteiger partial charge in [-0.15, -0.1) is 0 Å². The molecule has 0 radical (unpaired) electrons. The third kappa shape index (κ3) is 2.95. The van der Waals surface area contributed by atoms with Gasteiger partial charge >= 0.3 is 0 Å². The van der Waals surface area contributed by atoms with Crippen LogP contribution in [-0.2, 0) is 6.42 Å². The topological polar surface area (TPSA) is 59.2 Å². The van der Waals surface area contributed by atoms with Gasteiger partial charge in [0.1, 0.15) is 0 Å². The average Bonchev–Trinajstić information content (AvgIpc) is 2.95. The summed E-state index contributed by atoms with van der Waals surface area (Å²) in [7, 11) is 0. The third-order valence-electron chi connectivity index (χ3n) is 3.63. The molecule has 0 bridgehead atoms. The summed E-state index contributed by atoms with van der Waals surface area (Å²) in [5.74, 6) is 1.20. The minimum absolute atomic E-state index is 0.168. The van der Waals surface area contributed by atoms with E-state index in [1.807, 2.05) is 44.2 Å². The summed E-state index contributed by atoms with van der Waals surface area (Å²) in [6, 6.07) is 14.2. The van der Waals surface area contributed by atoms with Crippen LogP contribution in [0, 0.1) is 5.92 Å². The first-order valence-electron chi connectivity index (χ1n) is 7.13. The molecule has 4 nitrogen and oxygen atoms in total. The second-order valence-electron chi connectivity index (χ2n) is 5.59. The molecule has 3 rings (SSSR count). The fraction of sp³-hybridized carbons (Fsp3) is 0.294. The Morgan fingerprint density at radius 2 is 1.86 bits per heavy atom. The van der Waals surface area contributed by atoms with Crippen molar-refractivity contribution >= 4 is 10.8 Å². The largest absolute Gasteiger partial charge is 0.392 e. The Morgan fingerprint density at radius 1 is 1.10 bits per heavy atom. The van der Waals surface area contributed by atoms with Crippen molar-refractivity contribution in [3.05, 3.63) is 48.4 Å². The first-order valence-corrected chi connectivity index (χ1v) is 7.13. The maximum Gasteiger partial charge on any atom is 0.229 e. The molecule has 0 saturated heterocycles. The van der Waals surface area contributed by atoms with Crippen LogP contribution in [0.15, 0.2) is 47.0 Å². The van der Waals surface area contributed by atoms with Gasteiger partial charge in [-0.1, -0.05) is 55.4 Å². The van der Waals surface area contributed by atoms with E-state index in [2.05, 4.69) is 22.3 Å². The molecule has 1 aromatic heterocycles. The smallest absolute Gasteiger partial charge is 0.229 e. The lowest BCUT2D eigenvalue weighted by molar-refractivity contribution is 0.116. The van der Waals surface area contributed by atoms with Gasteiger partial charge in [-0.25, -0.2) is 0 Å². The molecule has 0 aliphatic heterocycles. The highest BCUT2D eigenvalue weighted by Gasteiger charge is 2.16. The number of aliphatic hydroxyl groups is 1. The van der Waals surface area contributed by atoms with Crippen molar-refractivity contribution in [2.45, 2.75) is 26.4 Å². The lowest BCUT2D eigenvalue weighted by Crippen LogP contribution is -2.17. The van der Waals surface area contributed by atoms with Crippen LogP contribution in [0.4, 0.5) is 0 Å². The molecule has 4 heteroatoms. The van der Waals surface area contributed by atoms with Gasteiger partial charge in [0.25, 0.3) is 0 Å². The van der Waals surface area contributed by atoms with Crippen molar-refractivity contribution in [2.75, 3.05) is 0 Å². The van der Waals surface area contributed by atoms with Crippen LogP contribution in [0.3, 0.4) is 0 Å². The van der Waals surface area contributed by atoms with E-state index in [0.29, 0.717) is 18.1 Å². The van der Waals surface area contributed by atoms with Crippen LogP contribution in [0.2, 0.25) is 0 Å². The molecule has 1 atom stereocenters. The SMILES string of the molecule is CC(C)C(O)Cc1nc(-c2ccc3ccccc3c2)no1. The highest BCUT2D eigenvalue weighted by atomic mass is 16.5. The summed E-state index contributed by atoms with van der Waals surface area (Å²) in [6.07, 6.45) is -0.0759. The average molecular weight is 282 g/mol. The molecule has 2 aromatic carbocycles. The Kier molecular flexibility index (Phi) is 3.71. The molecule has 1 heterocycles. The van der Waals surface area contributed by atoms with Crippen molar-refractivity contribution in [3.8, 4) is 11.4 Å². The summed E-state index contributed by atoms with van der Waals surface area (Å²) in [5.41, 5.74) is 0.919. The fourth-order valence-corrected chi connectivity index (χ4v) is 2.20. The van der Waals surface area contributed by atoms with E-state index in [1.165, 1.54) is 5.39 Å². The van der Waals surface area contributed by atoms with E-state index in [1.54, 1.807) is 0 Å². The Bertz CT molecular complexity index is 749. The lowest BCUT2D eigenvalue weighted by Gasteiger charge is -2.10. The number of aromatic nitrogens is 2. The molecule has 1 unspecified atom stereocenters. The minimum Gasteiger partial charge on any atom is -0.392 e. The molecular weight excluding hydrogens is 264 g/mol. The second kappa shape index (κ2) is 5.66. The van der Waals surface area contributed by atoms with Crippen LogP contribution in [0.1, 0.15) is 19.7 Å². The lowest BCUT2D eigenvalue weighted by atomic mass is 10.0. The Hall–Kier alpha value is -2.20. The molecule has 3 aromatic rings. The van der Waals surface area contributed by atoms with E-state index < -0.39 is 6.10 Å². The molecule has 0 amide bonds. The standard InChI is InChI=1S/C17H18N2O2/c1-11(2)15(20)10-16-18-17(19-21-16)14-8-7-12-5-3-4-6-13(12)9-14/h3-9,11,15,20H,10H2,1-2H3. The number of rotatable bonds is 4. The van der Waals surface area contributed by atoms with E-state index >= 15 is 0 Å². The van der Waals surface area contributed by atoms with E-state index in [4.69, 9.17) is 4.52 Å². The molecule has 0 aliphatic carbocycles. The number of hydrogen-bond acceptors (Lipinski definition) is 4. The molecule has 0 spiro atoms. The molecule has 0 aliphatic rings. The van der Waals surface area contributed by atoms with Gasteiger partial charge in [-0.3, -0.25) is 0 Å². The van der Waals surface area contributed by atoms with Crippen LogP contribution < -0.4 is 0 Å². The van der Waals surface area contributed by atoms with E-state index in [0.717, 1.165) is 10.9 Å². The first-order chi connectivity index (χ1) is 10.1. The van der Waals surface area contributed by atoms with Gasteiger partial charge in [-0.2, -0.15) is 4.98 Å². The van der Waals surface area contributed by atoms with Gasteiger partial charge < -0.3 is 9.63 Å². The van der Waals surface area contributed by atoms with E-state index in [9.17, 15) is 5.11 Å². The van der Waals surface area contributed by atoms with Crippen molar-refractivity contribution in [3.63, 3.8) is 0 Å². The zero-order valence-electron chi connectivity index (χ0n) is 12.2. The van der Waals surface area contributed by atoms with Crippen LogP contribution >= 0.6 is 0 Å². The molecule has 0 saturated carbocycles. The van der Waals surface area contributed by atoms with E-state index in [-0.39, 0.29) is 5.92 Å². The van der Waals surface area contributed by atoms with Crippen LogP contribution in [0.5, 0.6) is 0 Å². The highest BCUT2D eigenvalue weighted by Crippen LogP contribution is 2.22. The number of hydrogen-bond donors (Lipinski definition) is 1. The molecule has 0 fully saturated rings. The number of nitrogens with zero attached hydrogens (tertiary/aromatic N) is 2. The van der Waals surface area contributed by atoms with Crippen LogP contribution in [0.25, 0.3) is 22.2 Å². The Labute approximate surface area is 123 Å². The number of fused-ring (bicyclic) bond motifs is 1. The zero-order valence-corrected chi connectivity index (χ0v) is 12.2. The number of benzene rings is 2. The summed E-state index contributed by atoms with van der Waals surface area (Å²) in [5, 5.41) is 16.2. The number of aliphatic hydroxyl groups excluding tert-OH is 1. The first kappa shape index (κ1) is 13.8.